The Morgan fingerprint density at radius 2 is 2.00 bits per heavy atom. The molecule has 2 aromatic carbocycles. The first-order valence-electron chi connectivity index (χ1n) is 7.53. The molecule has 0 bridgehead atoms. The molecular weight excluding hydrogens is 347 g/mol. The number of nitrogens with zero attached hydrogens (tertiary/aromatic N) is 1. The number of nitrogens with one attached hydrogen (secondary N) is 1. The van der Waals surface area contributed by atoms with Gasteiger partial charge in [-0.25, -0.2) is 4.39 Å². The third-order valence-electron chi connectivity index (χ3n) is 3.20. The van der Waals surface area contributed by atoms with Gasteiger partial charge >= 0.3 is 0 Å². The van der Waals surface area contributed by atoms with Gasteiger partial charge in [-0.1, -0.05) is 0 Å². The minimum Gasteiger partial charge on any atom is -0.490 e. The fourth-order valence-electron chi connectivity index (χ4n) is 2.04. The summed E-state index contributed by atoms with van der Waals surface area (Å²) in [5.41, 5.74) is -0.302. The van der Waals surface area contributed by atoms with Gasteiger partial charge in [-0.3, -0.25) is 19.7 Å². The molecule has 9 heteroatoms. The molecule has 0 aliphatic heterocycles. The first kappa shape index (κ1) is 18.8. The summed E-state index contributed by atoms with van der Waals surface area (Å²) in [6.45, 7) is 1.58. The molecule has 1 N–H and O–H groups in total. The highest BCUT2D eigenvalue weighted by Crippen LogP contribution is 2.28. The van der Waals surface area contributed by atoms with Crippen LogP contribution in [-0.4, -0.2) is 30.3 Å². The van der Waals surface area contributed by atoms with E-state index in [0.717, 1.165) is 18.2 Å². The Balaban J connectivity index is 2.06. The minimum atomic E-state index is -0.811. The highest BCUT2D eigenvalue weighted by Gasteiger charge is 2.14. The number of benzene rings is 2. The Kier molecular flexibility index (Phi) is 6.20. The molecule has 8 nitrogen and oxygen atoms in total. The fraction of sp³-hybridized carbons (Fsp3) is 0.176. The van der Waals surface area contributed by atoms with Crippen molar-refractivity contribution in [2.75, 3.05) is 18.5 Å². The third kappa shape index (κ3) is 4.76. The summed E-state index contributed by atoms with van der Waals surface area (Å²) >= 11 is 0. The van der Waals surface area contributed by atoms with Crippen LogP contribution in [0.1, 0.15) is 17.3 Å². The summed E-state index contributed by atoms with van der Waals surface area (Å²) in [4.78, 5) is 32.8. The van der Waals surface area contributed by atoms with Crippen LogP contribution < -0.4 is 14.8 Å². The normalized spacial score (nSPS) is 10.1. The molecule has 0 atom stereocenters. The van der Waals surface area contributed by atoms with Crippen molar-refractivity contribution >= 4 is 23.6 Å². The van der Waals surface area contributed by atoms with E-state index in [1.54, 1.807) is 6.92 Å². The highest BCUT2D eigenvalue weighted by molar-refractivity contribution is 5.92. The van der Waals surface area contributed by atoms with Gasteiger partial charge in [0.2, 0.25) is 0 Å². The van der Waals surface area contributed by atoms with E-state index in [1.807, 2.05) is 0 Å². The van der Waals surface area contributed by atoms with Gasteiger partial charge < -0.3 is 14.8 Å². The molecule has 136 valence electrons. The number of carbonyl (C=O) groups excluding carboxylic acids is 2. The van der Waals surface area contributed by atoms with Gasteiger partial charge in [0, 0.05) is 17.7 Å². The van der Waals surface area contributed by atoms with E-state index in [4.69, 9.17) is 9.47 Å². The molecule has 2 rings (SSSR count). The molecule has 0 aliphatic rings. The van der Waals surface area contributed by atoms with Crippen LogP contribution in [0.25, 0.3) is 0 Å². The van der Waals surface area contributed by atoms with Crippen molar-refractivity contribution in [3.8, 4) is 11.5 Å². The summed E-state index contributed by atoms with van der Waals surface area (Å²) in [6.07, 6.45) is 0.643. The first-order valence-corrected chi connectivity index (χ1v) is 7.53. The number of non-ortho nitro benzene ring substituents is 1. The van der Waals surface area contributed by atoms with Crippen molar-refractivity contribution in [3.63, 3.8) is 0 Å². The SMILES string of the molecule is CCOc1cc(C=O)ccc1OCC(=O)Nc1cc([N+](=O)[O-])ccc1F. The van der Waals surface area contributed by atoms with Crippen molar-refractivity contribution in [1.29, 1.82) is 0 Å². The molecule has 0 aliphatic carbocycles. The van der Waals surface area contributed by atoms with E-state index < -0.39 is 23.3 Å². The van der Waals surface area contributed by atoms with Crippen LogP contribution in [0.2, 0.25) is 0 Å². The molecule has 0 aromatic heterocycles. The molecule has 0 heterocycles. The lowest BCUT2D eigenvalue weighted by Crippen LogP contribution is -2.21. The van der Waals surface area contributed by atoms with Crippen LogP contribution in [0.5, 0.6) is 11.5 Å². The molecule has 0 unspecified atom stereocenters. The second-order valence-corrected chi connectivity index (χ2v) is 5.02. The Hall–Kier alpha value is -3.49. The number of ether oxygens (including phenoxy) is 2. The maximum absolute atomic E-state index is 13.7. The van der Waals surface area contributed by atoms with E-state index in [0.29, 0.717) is 18.5 Å². The van der Waals surface area contributed by atoms with E-state index in [9.17, 15) is 24.1 Å². The largest absolute Gasteiger partial charge is 0.490 e. The Labute approximate surface area is 147 Å². The number of carbonyl (C=O) groups is 2. The van der Waals surface area contributed by atoms with Gasteiger partial charge in [0.05, 0.1) is 17.2 Å². The second kappa shape index (κ2) is 8.56. The molecular formula is C17H15FN2O6. The van der Waals surface area contributed by atoms with Gasteiger partial charge in [0.1, 0.15) is 12.1 Å². The average molecular weight is 362 g/mol. The van der Waals surface area contributed by atoms with Crippen molar-refractivity contribution in [2.24, 2.45) is 0 Å². The number of hydrogen-bond acceptors (Lipinski definition) is 6. The van der Waals surface area contributed by atoms with Gasteiger partial charge in [0.15, 0.2) is 18.1 Å². The molecule has 0 saturated carbocycles. The van der Waals surface area contributed by atoms with Crippen molar-refractivity contribution < 1.29 is 28.4 Å². The summed E-state index contributed by atoms with van der Waals surface area (Å²) in [6, 6.07) is 7.21. The smallest absolute Gasteiger partial charge is 0.271 e. The number of hydrogen-bond donors (Lipinski definition) is 1. The molecule has 0 radical (unpaired) electrons. The Morgan fingerprint density at radius 3 is 2.65 bits per heavy atom. The predicted molar refractivity (Wildman–Crippen MR) is 90.2 cm³/mol. The first-order chi connectivity index (χ1) is 12.4. The van der Waals surface area contributed by atoms with E-state index in [-0.39, 0.29) is 22.9 Å². The molecule has 0 saturated heterocycles. The number of nitro benzene ring substituents is 1. The van der Waals surface area contributed by atoms with Crippen molar-refractivity contribution in [3.05, 3.63) is 57.9 Å². The maximum atomic E-state index is 13.7. The van der Waals surface area contributed by atoms with E-state index >= 15 is 0 Å². The number of anilines is 1. The third-order valence-corrected chi connectivity index (χ3v) is 3.20. The van der Waals surface area contributed by atoms with Crippen LogP contribution >= 0.6 is 0 Å². The zero-order valence-electron chi connectivity index (χ0n) is 13.7. The van der Waals surface area contributed by atoms with Crippen LogP contribution in [0.3, 0.4) is 0 Å². The number of aldehydes is 1. The monoisotopic (exact) mass is 362 g/mol. The van der Waals surface area contributed by atoms with Gasteiger partial charge in [-0.15, -0.1) is 0 Å². The van der Waals surface area contributed by atoms with E-state index in [1.165, 1.54) is 18.2 Å². The quantitative estimate of drug-likeness (QED) is 0.439. The number of rotatable bonds is 8. The van der Waals surface area contributed by atoms with Crippen LogP contribution in [-0.2, 0) is 4.79 Å². The van der Waals surface area contributed by atoms with Crippen molar-refractivity contribution in [2.45, 2.75) is 6.92 Å². The highest BCUT2D eigenvalue weighted by atomic mass is 19.1. The van der Waals surface area contributed by atoms with Crippen molar-refractivity contribution in [1.82, 2.24) is 0 Å². The molecule has 2 aromatic rings. The number of halogens is 1. The lowest BCUT2D eigenvalue weighted by Gasteiger charge is -2.12. The van der Waals surface area contributed by atoms with Gasteiger partial charge in [0.25, 0.3) is 11.6 Å². The Morgan fingerprint density at radius 1 is 1.23 bits per heavy atom. The Bertz CT molecular complexity index is 840. The lowest BCUT2D eigenvalue weighted by molar-refractivity contribution is -0.384. The number of amides is 1. The maximum Gasteiger partial charge on any atom is 0.271 e. The van der Waals surface area contributed by atoms with Gasteiger partial charge in [-0.05, 0) is 31.2 Å². The zero-order chi connectivity index (χ0) is 19.1. The topological polar surface area (TPSA) is 108 Å². The number of nitro groups is 1. The van der Waals surface area contributed by atoms with E-state index in [2.05, 4.69) is 5.32 Å². The van der Waals surface area contributed by atoms with Gasteiger partial charge in [-0.2, -0.15) is 0 Å². The molecule has 0 fully saturated rings. The summed E-state index contributed by atoms with van der Waals surface area (Å²) in [7, 11) is 0. The fourth-order valence-corrected chi connectivity index (χ4v) is 2.04. The standard InChI is InChI=1S/C17H15FN2O6/c1-2-25-16-7-11(9-21)3-6-15(16)26-10-17(22)19-14-8-12(20(23)24)4-5-13(14)18/h3-9H,2,10H2,1H3,(H,19,22). The average Bonchev–Trinajstić information content (AvgIpc) is 2.62. The zero-order valence-corrected chi connectivity index (χ0v) is 13.7. The summed E-state index contributed by atoms with van der Waals surface area (Å²) in [5, 5.41) is 12.9. The molecule has 0 spiro atoms. The second-order valence-electron chi connectivity index (χ2n) is 5.02. The lowest BCUT2D eigenvalue weighted by atomic mass is 10.2. The summed E-state index contributed by atoms with van der Waals surface area (Å²) in [5.74, 6) is -1.01. The minimum absolute atomic E-state index is 0.229. The molecule has 1 amide bonds. The molecule has 26 heavy (non-hydrogen) atoms. The van der Waals surface area contributed by atoms with Crippen LogP contribution in [0.15, 0.2) is 36.4 Å². The van der Waals surface area contributed by atoms with Crippen LogP contribution in [0, 0.1) is 15.9 Å². The predicted octanol–water partition coefficient (Wildman–Crippen LogP) is 2.96. The van der Waals surface area contributed by atoms with Crippen LogP contribution in [0.4, 0.5) is 15.8 Å². The summed E-state index contributed by atoms with van der Waals surface area (Å²) < 4.78 is 24.3.